The summed E-state index contributed by atoms with van der Waals surface area (Å²) in [5.41, 5.74) is 7.13. The minimum absolute atomic E-state index is 0.495. The van der Waals surface area contributed by atoms with E-state index < -0.39 is 0 Å². The lowest BCUT2D eigenvalue weighted by molar-refractivity contribution is 0.282. The van der Waals surface area contributed by atoms with Gasteiger partial charge in [0.25, 0.3) is 0 Å². The summed E-state index contributed by atoms with van der Waals surface area (Å²) in [4.78, 5) is 0. The number of ether oxygens (including phenoxy) is 2. The number of halogens is 1. The first-order valence-electron chi connectivity index (χ1n) is 9.32. The topological polar surface area (TPSA) is 30.5 Å². The van der Waals surface area contributed by atoms with E-state index in [4.69, 9.17) is 9.47 Å². The number of hydrogen-bond acceptors (Lipinski definition) is 3. The molecule has 0 aliphatic carbocycles. The molecule has 0 radical (unpaired) electrons. The third-order valence-electron chi connectivity index (χ3n) is 4.66. The Kier molecular flexibility index (Phi) is 6.63. The van der Waals surface area contributed by atoms with Crippen molar-refractivity contribution in [2.24, 2.45) is 0 Å². The zero-order valence-electron chi connectivity index (χ0n) is 16.8. The smallest absolute Gasteiger partial charge is 0.175 e. The third kappa shape index (κ3) is 5.08. The van der Waals surface area contributed by atoms with Crippen molar-refractivity contribution in [3.63, 3.8) is 0 Å². The highest BCUT2D eigenvalue weighted by Crippen LogP contribution is 2.37. The van der Waals surface area contributed by atoms with Gasteiger partial charge < -0.3 is 14.8 Å². The first-order valence-corrected chi connectivity index (χ1v) is 10.1. The Balaban J connectivity index is 1.72. The lowest BCUT2D eigenvalue weighted by Crippen LogP contribution is -2.03. The van der Waals surface area contributed by atoms with Gasteiger partial charge in [-0.1, -0.05) is 47.5 Å². The van der Waals surface area contributed by atoms with E-state index >= 15 is 0 Å². The first kappa shape index (κ1) is 20.3. The molecule has 0 aliphatic rings. The number of benzene rings is 3. The molecule has 1 N–H and O–H groups in total. The maximum Gasteiger partial charge on any atom is 0.175 e. The van der Waals surface area contributed by atoms with Crippen LogP contribution in [0.25, 0.3) is 0 Å². The Morgan fingerprint density at radius 2 is 1.57 bits per heavy atom. The minimum atomic E-state index is 0.495. The molecular weight excluding hydrogens is 414 g/mol. The minimum Gasteiger partial charge on any atom is -0.493 e. The standard InChI is InChI=1S/C24H26BrNO2/c1-16-5-8-19(9-6-16)15-28-24-21(25)12-20(13-23(24)27-4)14-26-22-10-7-17(2)11-18(22)3/h5-13,26H,14-15H2,1-4H3. The van der Waals surface area contributed by atoms with Gasteiger partial charge in [0, 0.05) is 12.2 Å². The van der Waals surface area contributed by atoms with Crippen molar-refractivity contribution in [3.05, 3.63) is 86.9 Å². The highest BCUT2D eigenvalue weighted by atomic mass is 79.9. The molecule has 3 nitrogen and oxygen atoms in total. The number of anilines is 1. The fraction of sp³-hybridized carbons (Fsp3) is 0.250. The summed E-state index contributed by atoms with van der Waals surface area (Å²) < 4.78 is 12.5. The fourth-order valence-corrected chi connectivity index (χ4v) is 3.67. The van der Waals surface area contributed by atoms with Gasteiger partial charge in [-0.2, -0.15) is 0 Å². The quantitative estimate of drug-likeness (QED) is 0.451. The van der Waals surface area contributed by atoms with E-state index in [1.165, 1.54) is 16.7 Å². The molecule has 0 amide bonds. The number of hydrogen-bond donors (Lipinski definition) is 1. The van der Waals surface area contributed by atoms with E-state index in [-0.39, 0.29) is 0 Å². The van der Waals surface area contributed by atoms with Crippen LogP contribution in [0.5, 0.6) is 11.5 Å². The van der Waals surface area contributed by atoms with Crippen LogP contribution in [0.4, 0.5) is 5.69 Å². The van der Waals surface area contributed by atoms with Crippen LogP contribution >= 0.6 is 15.9 Å². The van der Waals surface area contributed by atoms with Gasteiger partial charge in [-0.15, -0.1) is 0 Å². The number of rotatable bonds is 7. The van der Waals surface area contributed by atoms with Gasteiger partial charge in [0.05, 0.1) is 11.6 Å². The lowest BCUT2D eigenvalue weighted by atomic mass is 10.1. The average Bonchev–Trinajstić information content (AvgIpc) is 2.67. The predicted molar refractivity (Wildman–Crippen MR) is 119 cm³/mol. The molecule has 3 aromatic carbocycles. The molecule has 0 bridgehead atoms. The van der Waals surface area contributed by atoms with Gasteiger partial charge >= 0.3 is 0 Å². The van der Waals surface area contributed by atoms with E-state index in [0.29, 0.717) is 13.2 Å². The van der Waals surface area contributed by atoms with E-state index in [1.54, 1.807) is 7.11 Å². The summed E-state index contributed by atoms with van der Waals surface area (Å²) in [5.74, 6) is 1.44. The number of methoxy groups -OCH3 is 1. The van der Waals surface area contributed by atoms with Crippen molar-refractivity contribution in [1.29, 1.82) is 0 Å². The summed E-state index contributed by atoms with van der Waals surface area (Å²) >= 11 is 3.64. The molecular formula is C24H26BrNO2. The van der Waals surface area contributed by atoms with Crippen LogP contribution in [0.15, 0.2) is 59.1 Å². The molecule has 4 heteroatoms. The summed E-state index contributed by atoms with van der Waals surface area (Å²) in [6.07, 6.45) is 0. The van der Waals surface area contributed by atoms with Crippen LogP contribution in [-0.4, -0.2) is 7.11 Å². The van der Waals surface area contributed by atoms with E-state index in [1.807, 2.05) is 6.07 Å². The van der Waals surface area contributed by atoms with Crippen LogP contribution in [0.1, 0.15) is 27.8 Å². The van der Waals surface area contributed by atoms with E-state index in [9.17, 15) is 0 Å². The van der Waals surface area contributed by atoms with Gasteiger partial charge in [0.15, 0.2) is 11.5 Å². The molecule has 0 aliphatic heterocycles. The SMILES string of the molecule is COc1cc(CNc2ccc(C)cc2C)cc(Br)c1OCc1ccc(C)cc1. The average molecular weight is 440 g/mol. The second-order valence-corrected chi connectivity index (χ2v) is 7.91. The molecule has 146 valence electrons. The van der Waals surface area contributed by atoms with Crippen LogP contribution in [0, 0.1) is 20.8 Å². The second kappa shape index (κ2) is 9.16. The second-order valence-electron chi connectivity index (χ2n) is 7.06. The molecule has 0 unspecified atom stereocenters. The molecule has 3 aromatic rings. The lowest BCUT2D eigenvalue weighted by Gasteiger charge is -2.16. The zero-order chi connectivity index (χ0) is 20.1. The van der Waals surface area contributed by atoms with Crippen molar-refractivity contribution in [1.82, 2.24) is 0 Å². The Hall–Kier alpha value is -2.46. The summed E-state index contributed by atoms with van der Waals surface area (Å²) in [6, 6.07) is 18.9. The van der Waals surface area contributed by atoms with Crippen molar-refractivity contribution in [3.8, 4) is 11.5 Å². The summed E-state index contributed by atoms with van der Waals surface area (Å²) in [6.45, 7) is 7.50. The van der Waals surface area contributed by atoms with Crippen LogP contribution < -0.4 is 14.8 Å². The molecule has 0 atom stereocenters. The number of aryl methyl sites for hydroxylation is 3. The third-order valence-corrected chi connectivity index (χ3v) is 5.25. The molecule has 3 rings (SSSR count). The molecule has 28 heavy (non-hydrogen) atoms. The summed E-state index contributed by atoms with van der Waals surface area (Å²) in [7, 11) is 1.67. The van der Waals surface area contributed by atoms with Gasteiger partial charge in [-0.25, -0.2) is 0 Å². The maximum absolute atomic E-state index is 6.04. The molecule has 0 spiro atoms. The van der Waals surface area contributed by atoms with Crippen LogP contribution in [-0.2, 0) is 13.2 Å². The predicted octanol–water partition coefficient (Wildman–Crippen LogP) is 6.57. The van der Waals surface area contributed by atoms with Gasteiger partial charge in [-0.3, -0.25) is 0 Å². The van der Waals surface area contributed by atoms with Crippen molar-refractivity contribution in [2.45, 2.75) is 33.9 Å². The van der Waals surface area contributed by atoms with Crippen molar-refractivity contribution < 1.29 is 9.47 Å². The van der Waals surface area contributed by atoms with Crippen LogP contribution in [0.3, 0.4) is 0 Å². The molecule has 0 heterocycles. The molecule has 0 saturated carbocycles. The van der Waals surface area contributed by atoms with Gasteiger partial charge in [0.2, 0.25) is 0 Å². The highest BCUT2D eigenvalue weighted by Gasteiger charge is 2.12. The normalized spacial score (nSPS) is 10.6. The number of nitrogens with one attached hydrogen (secondary N) is 1. The Morgan fingerprint density at radius 1 is 0.857 bits per heavy atom. The largest absolute Gasteiger partial charge is 0.493 e. The van der Waals surface area contributed by atoms with Gasteiger partial charge in [0.1, 0.15) is 6.61 Å². The summed E-state index contributed by atoms with van der Waals surface area (Å²) in [5, 5.41) is 3.50. The molecule has 0 aromatic heterocycles. The van der Waals surface area contributed by atoms with Crippen molar-refractivity contribution >= 4 is 21.6 Å². The van der Waals surface area contributed by atoms with Crippen molar-refractivity contribution in [2.75, 3.05) is 12.4 Å². The first-order chi connectivity index (χ1) is 13.5. The maximum atomic E-state index is 6.04. The molecule has 0 saturated heterocycles. The van der Waals surface area contributed by atoms with Crippen LogP contribution in [0.2, 0.25) is 0 Å². The fourth-order valence-electron chi connectivity index (χ4n) is 3.06. The molecule has 0 fully saturated rings. The van der Waals surface area contributed by atoms with E-state index in [0.717, 1.165) is 32.8 Å². The zero-order valence-corrected chi connectivity index (χ0v) is 18.4. The highest BCUT2D eigenvalue weighted by molar-refractivity contribution is 9.10. The Bertz CT molecular complexity index is 952. The van der Waals surface area contributed by atoms with Gasteiger partial charge in [-0.05, 0) is 71.6 Å². The Morgan fingerprint density at radius 3 is 2.25 bits per heavy atom. The monoisotopic (exact) mass is 439 g/mol. The Labute approximate surface area is 175 Å². The van der Waals surface area contributed by atoms with E-state index in [2.05, 4.69) is 90.5 Å².